The van der Waals surface area contributed by atoms with Crippen LogP contribution >= 0.6 is 0 Å². The minimum atomic E-state index is 0.150. The van der Waals surface area contributed by atoms with E-state index in [-0.39, 0.29) is 13.2 Å². The van der Waals surface area contributed by atoms with Gasteiger partial charge >= 0.3 is 0 Å². The molecule has 0 aliphatic rings. The number of aromatic nitrogens is 2. The molecule has 0 unspecified atom stereocenters. The molecule has 0 spiro atoms. The molecule has 4 nitrogen and oxygen atoms in total. The van der Waals surface area contributed by atoms with Crippen molar-refractivity contribution in [2.24, 2.45) is 0 Å². The van der Waals surface area contributed by atoms with E-state index >= 15 is 0 Å². The first kappa shape index (κ1) is 10.2. The van der Waals surface area contributed by atoms with E-state index in [2.05, 4.69) is 6.92 Å². The van der Waals surface area contributed by atoms with Gasteiger partial charge < -0.3 is 10.2 Å². The summed E-state index contributed by atoms with van der Waals surface area (Å²) < 4.78 is 3.95. The van der Waals surface area contributed by atoms with Gasteiger partial charge in [0.15, 0.2) is 0 Å². The van der Waals surface area contributed by atoms with E-state index in [1.165, 1.54) is 5.69 Å². The molecule has 4 heteroatoms. The van der Waals surface area contributed by atoms with Gasteiger partial charge in [-0.1, -0.05) is 6.92 Å². The lowest BCUT2D eigenvalue weighted by Crippen LogP contribution is -2.33. The van der Waals surface area contributed by atoms with Crippen molar-refractivity contribution < 1.29 is 14.8 Å². The maximum atomic E-state index is 8.80. The maximum Gasteiger partial charge on any atom is 0.244 e. The Bertz CT molecular complexity index is 258. The predicted molar refractivity (Wildman–Crippen MR) is 48.2 cm³/mol. The molecule has 13 heavy (non-hydrogen) atoms. The second-order valence-electron chi connectivity index (χ2n) is 2.97. The SMILES string of the molecule is CCc1c[n+](CCO)cn1CCO. The Balaban J connectivity index is 2.77. The Labute approximate surface area is 78.1 Å². The molecular formula is C9H17N2O2+. The second-order valence-corrected chi connectivity index (χ2v) is 2.97. The zero-order valence-electron chi connectivity index (χ0n) is 7.98. The summed E-state index contributed by atoms with van der Waals surface area (Å²) in [5, 5.41) is 17.5. The summed E-state index contributed by atoms with van der Waals surface area (Å²) in [5.74, 6) is 0. The lowest BCUT2D eigenvalue weighted by atomic mass is 10.3. The van der Waals surface area contributed by atoms with Crippen molar-refractivity contribution in [1.82, 2.24) is 4.57 Å². The van der Waals surface area contributed by atoms with E-state index in [1.54, 1.807) is 0 Å². The number of aliphatic hydroxyl groups is 2. The first-order valence-corrected chi connectivity index (χ1v) is 4.61. The van der Waals surface area contributed by atoms with Crippen LogP contribution in [0, 0.1) is 0 Å². The number of hydrogen-bond acceptors (Lipinski definition) is 2. The number of nitrogens with zero attached hydrogens (tertiary/aromatic N) is 2. The summed E-state index contributed by atoms with van der Waals surface area (Å²) in [7, 11) is 0. The monoisotopic (exact) mass is 185 g/mol. The quantitative estimate of drug-likeness (QED) is 0.597. The van der Waals surface area contributed by atoms with Gasteiger partial charge in [-0.15, -0.1) is 0 Å². The zero-order chi connectivity index (χ0) is 9.68. The third-order valence-corrected chi connectivity index (χ3v) is 2.03. The van der Waals surface area contributed by atoms with E-state index in [9.17, 15) is 0 Å². The summed E-state index contributed by atoms with van der Waals surface area (Å²) in [6.07, 6.45) is 4.87. The highest BCUT2D eigenvalue weighted by atomic mass is 16.3. The molecule has 0 aromatic carbocycles. The molecular weight excluding hydrogens is 168 g/mol. The predicted octanol–water partition coefficient (Wildman–Crippen LogP) is -0.677. The van der Waals surface area contributed by atoms with Crippen LogP contribution in [0.3, 0.4) is 0 Å². The minimum absolute atomic E-state index is 0.150. The fourth-order valence-electron chi connectivity index (χ4n) is 1.39. The molecule has 0 bridgehead atoms. The molecule has 0 saturated heterocycles. The van der Waals surface area contributed by atoms with Gasteiger partial charge in [0.25, 0.3) is 0 Å². The van der Waals surface area contributed by atoms with Crippen LogP contribution < -0.4 is 4.57 Å². The van der Waals surface area contributed by atoms with Crippen LogP contribution in [0.5, 0.6) is 0 Å². The van der Waals surface area contributed by atoms with Crippen LogP contribution in [-0.4, -0.2) is 28.0 Å². The standard InChI is InChI=1S/C9H17N2O2/c1-2-9-7-10(3-5-12)8-11(9)4-6-13/h7-8,12-13H,2-6H2,1H3/q+1. The summed E-state index contributed by atoms with van der Waals surface area (Å²) in [5.41, 5.74) is 1.18. The van der Waals surface area contributed by atoms with Crippen molar-refractivity contribution in [3.8, 4) is 0 Å². The van der Waals surface area contributed by atoms with E-state index in [0.717, 1.165) is 6.42 Å². The summed E-state index contributed by atoms with van der Waals surface area (Å²) >= 11 is 0. The molecule has 0 amide bonds. The summed E-state index contributed by atoms with van der Waals surface area (Å²) in [6, 6.07) is 0. The van der Waals surface area contributed by atoms with Gasteiger partial charge in [-0.25, -0.2) is 9.13 Å². The van der Waals surface area contributed by atoms with Gasteiger partial charge in [-0.2, -0.15) is 0 Å². The lowest BCUT2D eigenvalue weighted by molar-refractivity contribution is -0.697. The molecule has 0 aliphatic heterocycles. The van der Waals surface area contributed by atoms with E-state index < -0.39 is 0 Å². The Morgan fingerprint density at radius 1 is 1.38 bits per heavy atom. The average Bonchev–Trinajstić information content (AvgIpc) is 2.49. The third kappa shape index (κ3) is 2.54. The van der Waals surface area contributed by atoms with Crippen molar-refractivity contribution in [1.29, 1.82) is 0 Å². The number of imidazole rings is 1. The molecule has 1 heterocycles. The van der Waals surface area contributed by atoms with Crippen molar-refractivity contribution >= 4 is 0 Å². The molecule has 0 radical (unpaired) electrons. The molecule has 1 rings (SSSR count). The van der Waals surface area contributed by atoms with E-state index in [4.69, 9.17) is 10.2 Å². The van der Waals surface area contributed by atoms with Crippen LogP contribution in [0.25, 0.3) is 0 Å². The lowest BCUT2D eigenvalue weighted by Gasteiger charge is -1.94. The molecule has 1 aromatic heterocycles. The van der Waals surface area contributed by atoms with Gasteiger partial charge in [-0.05, 0) is 0 Å². The molecule has 74 valence electrons. The third-order valence-electron chi connectivity index (χ3n) is 2.03. The minimum Gasteiger partial charge on any atom is -0.392 e. The van der Waals surface area contributed by atoms with Crippen molar-refractivity contribution in [2.45, 2.75) is 26.4 Å². The molecule has 0 saturated carbocycles. The number of rotatable bonds is 5. The van der Waals surface area contributed by atoms with Crippen LogP contribution in [0.1, 0.15) is 12.6 Å². The zero-order valence-corrected chi connectivity index (χ0v) is 7.98. The fourth-order valence-corrected chi connectivity index (χ4v) is 1.39. The number of aliphatic hydroxyl groups excluding tert-OH is 2. The fraction of sp³-hybridized carbons (Fsp3) is 0.667. The summed E-state index contributed by atoms with van der Waals surface area (Å²) in [4.78, 5) is 0. The van der Waals surface area contributed by atoms with Gasteiger partial charge in [-0.3, -0.25) is 0 Å². The van der Waals surface area contributed by atoms with Crippen LogP contribution in [0.4, 0.5) is 0 Å². The van der Waals surface area contributed by atoms with Gasteiger partial charge in [0.2, 0.25) is 6.33 Å². The Hall–Kier alpha value is -0.870. The molecule has 2 N–H and O–H groups in total. The van der Waals surface area contributed by atoms with Crippen LogP contribution in [-0.2, 0) is 19.5 Å². The largest absolute Gasteiger partial charge is 0.392 e. The van der Waals surface area contributed by atoms with Gasteiger partial charge in [0.05, 0.1) is 13.2 Å². The van der Waals surface area contributed by atoms with Gasteiger partial charge in [0, 0.05) is 6.42 Å². The molecule has 1 aromatic rings. The van der Waals surface area contributed by atoms with Gasteiger partial charge in [0.1, 0.15) is 25.0 Å². The number of hydrogen-bond donors (Lipinski definition) is 2. The van der Waals surface area contributed by atoms with E-state index in [1.807, 2.05) is 21.7 Å². The number of aryl methyl sites for hydroxylation is 1. The smallest absolute Gasteiger partial charge is 0.244 e. The van der Waals surface area contributed by atoms with Crippen molar-refractivity contribution in [3.63, 3.8) is 0 Å². The first-order valence-electron chi connectivity index (χ1n) is 4.61. The highest BCUT2D eigenvalue weighted by Crippen LogP contribution is 1.97. The normalized spacial score (nSPS) is 10.7. The Kier molecular flexibility index (Phi) is 3.92. The molecule has 0 atom stereocenters. The Morgan fingerprint density at radius 2 is 2.15 bits per heavy atom. The Morgan fingerprint density at radius 3 is 2.69 bits per heavy atom. The topological polar surface area (TPSA) is 49.3 Å². The molecule has 0 fully saturated rings. The highest BCUT2D eigenvalue weighted by molar-refractivity contribution is 4.92. The highest BCUT2D eigenvalue weighted by Gasteiger charge is 2.10. The van der Waals surface area contributed by atoms with Crippen LogP contribution in [0.2, 0.25) is 0 Å². The average molecular weight is 185 g/mol. The van der Waals surface area contributed by atoms with Crippen LogP contribution in [0.15, 0.2) is 12.5 Å². The van der Waals surface area contributed by atoms with Crippen molar-refractivity contribution in [3.05, 3.63) is 18.2 Å². The summed E-state index contributed by atoms with van der Waals surface area (Å²) in [6.45, 7) is 3.62. The first-order chi connectivity index (χ1) is 6.31. The second kappa shape index (κ2) is 4.99. The molecule has 0 aliphatic carbocycles. The van der Waals surface area contributed by atoms with E-state index in [0.29, 0.717) is 13.1 Å². The maximum absolute atomic E-state index is 8.80. The van der Waals surface area contributed by atoms with Crippen molar-refractivity contribution in [2.75, 3.05) is 13.2 Å².